The van der Waals surface area contributed by atoms with Crippen LogP contribution in [0, 0.1) is 6.92 Å². The third kappa shape index (κ3) is 6.10. The molecule has 0 aliphatic carbocycles. The number of aryl methyl sites for hydroxylation is 1. The minimum absolute atomic E-state index is 0. The number of halogens is 1. The number of carbonyl (C=O) groups is 2. The molecule has 1 aliphatic heterocycles. The van der Waals surface area contributed by atoms with Crippen molar-refractivity contribution in [1.29, 1.82) is 0 Å². The predicted molar refractivity (Wildman–Crippen MR) is 93.3 cm³/mol. The number of thiophene rings is 1. The Hall–Kier alpha value is -1.15. The first-order chi connectivity index (χ1) is 10.4. The lowest BCUT2D eigenvalue weighted by Crippen LogP contribution is -2.47. The average molecular weight is 362 g/mol. The third-order valence-electron chi connectivity index (χ3n) is 4.00. The second kappa shape index (κ2) is 8.63. The number of carboxylic acids is 1. The van der Waals surface area contributed by atoms with Gasteiger partial charge in [-0.3, -0.25) is 14.5 Å². The molecule has 8 heteroatoms. The van der Waals surface area contributed by atoms with Gasteiger partial charge in [0.05, 0.1) is 19.6 Å². The maximum atomic E-state index is 12.0. The van der Waals surface area contributed by atoms with Gasteiger partial charge in [-0.2, -0.15) is 0 Å². The molecule has 130 valence electrons. The number of aliphatic carboxylic acids is 1. The quantitative estimate of drug-likeness (QED) is 0.680. The maximum absolute atomic E-state index is 12.0. The zero-order valence-electron chi connectivity index (χ0n) is 13.4. The van der Waals surface area contributed by atoms with Crippen LogP contribution >= 0.6 is 23.7 Å². The van der Waals surface area contributed by atoms with Crippen molar-refractivity contribution in [3.8, 4) is 0 Å². The molecule has 3 N–H and O–H groups in total. The van der Waals surface area contributed by atoms with Gasteiger partial charge in [0.25, 0.3) is 0 Å². The van der Waals surface area contributed by atoms with Gasteiger partial charge in [0, 0.05) is 23.5 Å². The summed E-state index contributed by atoms with van der Waals surface area (Å²) in [6, 6.07) is 2.05. The van der Waals surface area contributed by atoms with Crippen molar-refractivity contribution in [2.45, 2.75) is 32.4 Å². The van der Waals surface area contributed by atoms with Crippen LogP contribution in [0.4, 0.5) is 0 Å². The summed E-state index contributed by atoms with van der Waals surface area (Å²) in [5.41, 5.74) is 0.972. The fourth-order valence-electron chi connectivity index (χ4n) is 2.65. The monoisotopic (exact) mass is 361 g/mol. The summed E-state index contributed by atoms with van der Waals surface area (Å²) in [5.74, 6) is -0.848. The van der Waals surface area contributed by atoms with E-state index in [1.54, 1.807) is 11.3 Å². The van der Waals surface area contributed by atoms with E-state index in [4.69, 9.17) is 5.11 Å². The minimum atomic E-state index is -0.858. The predicted octanol–water partition coefficient (Wildman–Crippen LogP) is 1.23. The van der Waals surface area contributed by atoms with Crippen molar-refractivity contribution in [2.75, 3.05) is 26.2 Å². The van der Waals surface area contributed by atoms with Gasteiger partial charge in [-0.25, -0.2) is 0 Å². The molecular formula is C15H24ClN3O3S. The Morgan fingerprint density at radius 1 is 1.48 bits per heavy atom. The summed E-state index contributed by atoms with van der Waals surface area (Å²) in [6.07, 6.45) is 0.845. The SMILES string of the molecule is Cc1ccsc1CNC(=O)CN1CCC(C)(NCC(=O)O)C1.Cl. The van der Waals surface area contributed by atoms with Crippen molar-refractivity contribution < 1.29 is 14.7 Å². The van der Waals surface area contributed by atoms with E-state index >= 15 is 0 Å². The van der Waals surface area contributed by atoms with Crippen LogP contribution in [0.1, 0.15) is 23.8 Å². The molecule has 2 heterocycles. The van der Waals surface area contributed by atoms with Crippen LogP contribution in [0.3, 0.4) is 0 Å². The van der Waals surface area contributed by atoms with Gasteiger partial charge in [-0.15, -0.1) is 23.7 Å². The molecule has 1 aliphatic rings. The highest BCUT2D eigenvalue weighted by atomic mass is 35.5. The van der Waals surface area contributed by atoms with E-state index in [-0.39, 0.29) is 30.4 Å². The molecule has 0 radical (unpaired) electrons. The summed E-state index contributed by atoms with van der Waals surface area (Å²) in [5, 5.41) is 16.8. The molecule has 0 bridgehead atoms. The number of carboxylic acid groups (broad SMARTS) is 1. The van der Waals surface area contributed by atoms with Crippen molar-refractivity contribution in [2.24, 2.45) is 0 Å². The molecule has 0 spiro atoms. The summed E-state index contributed by atoms with van der Waals surface area (Å²) in [7, 11) is 0. The number of hydrogen-bond acceptors (Lipinski definition) is 5. The van der Waals surface area contributed by atoms with Crippen molar-refractivity contribution in [3.63, 3.8) is 0 Å². The molecule has 1 aromatic heterocycles. The van der Waals surface area contributed by atoms with Gasteiger partial charge < -0.3 is 15.7 Å². The number of likely N-dealkylation sites (tertiary alicyclic amines) is 1. The largest absolute Gasteiger partial charge is 0.480 e. The Kier molecular flexibility index (Phi) is 7.47. The fourth-order valence-corrected chi connectivity index (χ4v) is 3.49. The van der Waals surface area contributed by atoms with E-state index < -0.39 is 5.97 Å². The molecule has 1 atom stereocenters. The maximum Gasteiger partial charge on any atom is 0.317 e. The highest BCUT2D eigenvalue weighted by Gasteiger charge is 2.34. The van der Waals surface area contributed by atoms with E-state index in [0.717, 1.165) is 13.0 Å². The molecular weight excluding hydrogens is 338 g/mol. The standard InChI is InChI=1S/C15H23N3O3S.ClH/c1-11-3-6-22-12(11)7-16-13(19)9-18-5-4-15(2,10-18)17-8-14(20)21;/h3,6,17H,4-5,7-10H2,1-2H3,(H,16,19)(H,20,21);1H. The van der Waals surface area contributed by atoms with Crippen LogP contribution in [0.5, 0.6) is 0 Å². The molecule has 2 rings (SSSR count). The van der Waals surface area contributed by atoms with Gasteiger partial charge in [-0.1, -0.05) is 0 Å². The van der Waals surface area contributed by atoms with E-state index in [1.165, 1.54) is 10.4 Å². The van der Waals surface area contributed by atoms with Crippen molar-refractivity contribution in [3.05, 3.63) is 21.9 Å². The summed E-state index contributed by atoms with van der Waals surface area (Å²) in [4.78, 5) is 25.9. The van der Waals surface area contributed by atoms with Crippen LogP contribution in [0.25, 0.3) is 0 Å². The minimum Gasteiger partial charge on any atom is -0.480 e. The highest BCUT2D eigenvalue weighted by molar-refractivity contribution is 7.10. The number of nitrogens with zero attached hydrogens (tertiary/aromatic N) is 1. The number of rotatable bonds is 7. The Morgan fingerprint density at radius 2 is 2.22 bits per heavy atom. The molecule has 6 nitrogen and oxygen atoms in total. The van der Waals surface area contributed by atoms with Crippen LogP contribution < -0.4 is 10.6 Å². The zero-order chi connectivity index (χ0) is 16.2. The molecule has 0 saturated carbocycles. The van der Waals surface area contributed by atoms with Crippen LogP contribution in [0.2, 0.25) is 0 Å². The topological polar surface area (TPSA) is 81.7 Å². The summed E-state index contributed by atoms with van der Waals surface area (Å²) >= 11 is 1.65. The Balaban J connectivity index is 0.00000264. The smallest absolute Gasteiger partial charge is 0.317 e. The molecule has 0 aromatic carbocycles. The first-order valence-electron chi connectivity index (χ1n) is 7.37. The Bertz CT molecular complexity index is 552. The van der Waals surface area contributed by atoms with Crippen LogP contribution in [-0.4, -0.2) is 53.6 Å². The van der Waals surface area contributed by atoms with Gasteiger partial charge in [-0.05, 0) is 37.3 Å². The molecule has 1 amide bonds. The first-order valence-corrected chi connectivity index (χ1v) is 8.25. The molecule has 1 unspecified atom stereocenters. The van der Waals surface area contributed by atoms with Gasteiger partial charge >= 0.3 is 5.97 Å². The highest BCUT2D eigenvalue weighted by Crippen LogP contribution is 2.20. The van der Waals surface area contributed by atoms with Crippen LogP contribution in [-0.2, 0) is 16.1 Å². The van der Waals surface area contributed by atoms with Crippen LogP contribution in [0.15, 0.2) is 11.4 Å². The average Bonchev–Trinajstić information content (AvgIpc) is 3.01. The fraction of sp³-hybridized carbons (Fsp3) is 0.600. The molecule has 1 fully saturated rings. The summed E-state index contributed by atoms with van der Waals surface area (Å²) < 4.78 is 0. The number of carbonyl (C=O) groups excluding carboxylic acids is 1. The number of nitrogens with one attached hydrogen (secondary N) is 2. The number of amides is 1. The lowest BCUT2D eigenvalue weighted by Gasteiger charge is -2.25. The third-order valence-corrected chi connectivity index (χ3v) is 5.02. The Morgan fingerprint density at radius 3 is 2.83 bits per heavy atom. The molecule has 1 aromatic rings. The van der Waals surface area contributed by atoms with Crippen molar-refractivity contribution >= 4 is 35.6 Å². The second-order valence-corrected chi connectivity index (χ2v) is 7.07. The van der Waals surface area contributed by atoms with Gasteiger partial charge in [0.1, 0.15) is 0 Å². The number of hydrogen-bond donors (Lipinski definition) is 3. The molecule has 1 saturated heterocycles. The van der Waals surface area contributed by atoms with E-state index in [2.05, 4.69) is 15.5 Å². The second-order valence-electron chi connectivity index (χ2n) is 6.07. The van der Waals surface area contributed by atoms with E-state index in [1.807, 2.05) is 25.3 Å². The summed E-state index contributed by atoms with van der Waals surface area (Å²) in [6.45, 7) is 6.41. The molecule has 23 heavy (non-hydrogen) atoms. The van der Waals surface area contributed by atoms with Crippen molar-refractivity contribution in [1.82, 2.24) is 15.5 Å². The van der Waals surface area contributed by atoms with Gasteiger partial charge in [0.2, 0.25) is 5.91 Å². The normalized spacial score (nSPS) is 21.0. The van der Waals surface area contributed by atoms with Gasteiger partial charge in [0.15, 0.2) is 0 Å². The van der Waals surface area contributed by atoms with E-state index in [0.29, 0.717) is 19.6 Å². The first kappa shape index (κ1) is 19.9. The van der Waals surface area contributed by atoms with E-state index in [9.17, 15) is 9.59 Å². The zero-order valence-corrected chi connectivity index (χ0v) is 15.1. The Labute approximate surface area is 146 Å². The lowest BCUT2D eigenvalue weighted by atomic mass is 10.0. The lowest BCUT2D eigenvalue weighted by molar-refractivity contribution is -0.136.